The second kappa shape index (κ2) is 7.40. The van der Waals surface area contributed by atoms with E-state index in [1.54, 1.807) is 20.1 Å². The van der Waals surface area contributed by atoms with Crippen molar-refractivity contribution in [3.63, 3.8) is 0 Å². The summed E-state index contributed by atoms with van der Waals surface area (Å²) in [5, 5.41) is 7.00. The molecule has 7 heteroatoms. The van der Waals surface area contributed by atoms with Crippen molar-refractivity contribution >= 4 is 0 Å². The van der Waals surface area contributed by atoms with E-state index in [2.05, 4.69) is 15.5 Å². The van der Waals surface area contributed by atoms with Crippen molar-refractivity contribution in [3.8, 4) is 17.1 Å². The lowest BCUT2D eigenvalue weighted by Gasteiger charge is -2.10. The molecule has 1 aromatic heterocycles. The molecule has 1 N–H and O–H groups in total. The van der Waals surface area contributed by atoms with Gasteiger partial charge in [-0.2, -0.15) is 4.98 Å². The third kappa shape index (κ3) is 4.00. The highest BCUT2D eigenvalue weighted by molar-refractivity contribution is 5.56. The summed E-state index contributed by atoms with van der Waals surface area (Å²) in [6.07, 6.45) is 0. The molecule has 0 fully saturated rings. The molecular weight excluding hydrogens is 328 g/mol. The highest BCUT2D eigenvalue weighted by Crippen LogP contribution is 2.23. The van der Waals surface area contributed by atoms with Gasteiger partial charge in [-0.25, -0.2) is 8.78 Å². The van der Waals surface area contributed by atoms with Crippen LogP contribution in [0.15, 0.2) is 47.0 Å². The molecule has 0 amide bonds. The first-order valence-electron chi connectivity index (χ1n) is 7.72. The molecule has 0 saturated heterocycles. The van der Waals surface area contributed by atoms with E-state index < -0.39 is 11.6 Å². The molecule has 3 aromatic rings. The van der Waals surface area contributed by atoms with Crippen LogP contribution in [0.3, 0.4) is 0 Å². The Kier molecular flexibility index (Phi) is 5.04. The predicted octanol–water partition coefficient (Wildman–Crippen LogP) is 3.87. The number of hydrogen-bond acceptors (Lipinski definition) is 5. The third-order valence-electron chi connectivity index (χ3n) is 3.75. The molecule has 0 aliphatic rings. The summed E-state index contributed by atoms with van der Waals surface area (Å²) in [4.78, 5) is 4.34. The van der Waals surface area contributed by atoms with Crippen LogP contribution in [0.25, 0.3) is 11.4 Å². The monoisotopic (exact) mass is 345 g/mol. The summed E-state index contributed by atoms with van der Waals surface area (Å²) in [6, 6.07) is 10.3. The first kappa shape index (κ1) is 17.0. The molecule has 1 atom stereocenters. The van der Waals surface area contributed by atoms with Crippen LogP contribution < -0.4 is 10.1 Å². The van der Waals surface area contributed by atoms with Gasteiger partial charge in [0.25, 0.3) is 0 Å². The van der Waals surface area contributed by atoms with Gasteiger partial charge in [-0.05, 0) is 37.3 Å². The lowest BCUT2D eigenvalue weighted by molar-refractivity contribution is 0.338. The van der Waals surface area contributed by atoms with Crippen molar-refractivity contribution in [2.75, 3.05) is 7.11 Å². The number of hydrogen-bond donors (Lipinski definition) is 1. The average Bonchev–Trinajstić information content (AvgIpc) is 3.12. The summed E-state index contributed by atoms with van der Waals surface area (Å²) >= 11 is 0. The number of nitrogens with zero attached hydrogens (tertiary/aromatic N) is 2. The van der Waals surface area contributed by atoms with E-state index in [9.17, 15) is 8.78 Å². The maximum Gasteiger partial charge on any atom is 0.243 e. The van der Waals surface area contributed by atoms with E-state index in [0.29, 0.717) is 17.5 Å². The normalized spacial score (nSPS) is 12.2. The molecule has 5 nitrogen and oxygen atoms in total. The Bertz CT molecular complexity index is 867. The van der Waals surface area contributed by atoms with E-state index in [0.717, 1.165) is 23.8 Å². The second-order valence-electron chi connectivity index (χ2n) is 5.53. The van der Waals surface area contributed by atoms with E-state index in [4.69, 9.17) is 9.26 Å². The molecule has 0 saturated carbocycles. The Labute approximate surface area is 143 Å². The van der Waals surface area contributed by atoms with Gasteiger partial charge in [0.05, 0.1) is 13.2 Å². The van der Waals surface area contributed by atoms with Crippen LogP contribution in [0.5, 0.6) is 5.75 Å². The number of methoxy groups -OCH3 is 1. The van der Waals surface area contributed by atoms with Gasteiger partial charge in [0, 0.05) is 17.7 Å². The zero-order valence-electron chi connectivity index (χ0n) is 13.8. The molecule has 0 bridgehead atoms. The smallest absolute Gasteiger partial charge is 0.243 e. The average molecular weight is 345 g/mol. The topological polar surface area (TPSA) is 60.2 Å². The Balaban J connectivity index is 1.70. The summed E-state index contributed by atoms with van der Waals surface area (Å²) in [5.41, 5.74) is 0.997. The minimum atomic E-state index is -0.482. The lowest BCUT2D eigenvalue weighted by atomic mass is 10.2. The van der Waals surface area contributed by atoms with Crippen LogP contribution in [0.4, 0.5) is 8.78 Å². The van der Waals surface area contributed by atoms with Crippen LogP contribution in [0.1, 0.15) is 24.4 Å². The fraction of sp³-hybridized carbons (Fsp3) is 0.222. The van der Waals surface area contributed by atoms with E-state index in [1.807, 2.05) is 18.2 Å². The van der Waals surface area contributed by atoms with E-state index in [-0.39, 0.29) is 18.2 Å². The molecule has 3 rings (SSSR count). The van der Waals surface area contributed by atoms with Crippen molar-refractivity contribution in [2.24, 2.45) is 0 Å². The lowest BCUT2D eigenvalue weighted by Crippen LogP contribution is -2.19. The van der Waals surface area contributed by atoms with Crippen LogP contribution in [-0.2, 0) is 6.54 Å². The maximum atomic E-state index is 13.6. The maximum absolute atomic E-state index is 13.6. The Hall–Kier alpha value is -2.80. The minimum absolute atomic E-state index is 0.141. The molecule has 0 aliphatic carbocycles. The number of ether oxygens (including phenoxy) is 1. The van der Waals surface area contributed by atoms with Crippen molar-refractivity contribution in [1.82, 2.24) is 15.5 Å². The highest BCUT2D eigenvalue weighted by atomic mass is 19.1. The van der Waals surface area contributed by atoms with Crippen molar-refractivity contribution in [2.45, 2.75) is 19.5 Å². The van der Waals surface area contributed by atoms with E-state index in [1.165, 1.54) is 0 Å². The predicted molar refractivity (Wildman–Crippen MR) is 87.9 cm³/mol. The van der Waals surface area contributed by atoms with Gasteiger partial charge in [0.1, 0.15) is 17.4 Å². The van der Waals surface area contributed by atoms with Crippen LogP contribution in [-0.4, -0.2) is 17.3 Å². The Morgan fingerprint density at radius 3 is 2.84 bits per heavy atom. The zero-order chi connectivity index (χ0) is 17.8. The molecule has 2 aromatic carbocycles. The molecule has 0 spiro atoms. The number of halogens is 2. The van der Waals surface area contributed by atoms with Gasteiger partial charge in [-0.1, -0.05) is 17.3 Å². The third-order valence-corrected chi connectivity index (χ3v) is 3.75. The van der Waals surface area contributed by atoms with Gasteiger partial charge in [0.15, 0.2) is 0 Å². The van der Waals surface area contributed by atoms with E-state index >= 15 is 0 Å². The first-order chi connectivity index (χ1) is 12.1. The molecule has 0 aliphatic heterocycles. The number of aromatic nitrogens is 2. The van der Waals surface area contributed by atoms with Crippen LogP contribution in [0.2, 0.25) is 0 Å². The summed E-state index contributed by atoms with van der Waals surface area (Å²) in [5.74, 6) is 0.526. The number of benzene rings is 2. The molecule has 1 heterocycles. The van der Waals surface area contributed by atoms with Gasteiger partial charge >= 0.3 is 0 Å². The molecular formula is C18H17F2N3O2. The standard InChI is InChI=1S/C18H17F2N3O2/c1-11(21-10-13-8-14(19)6-7-16(13)20)18-22-17(23-25-18)12-4-3-5-15(9-12)24-2/h3-9,11,21H,10H2,1-2H3. The summed E-state index contributed by atoms with van der Waals surface area (Å²) in [7, 11) is 1.58. The quantitative estimate of drug-likeness (QED) is 0.735. The van der Waals surface area contributed by atoms with Crippen molar-refractivity contribution in [3.05, 3.63) is 65.6 Å². The van der Waals surface area contributed by atoms with Crippen molar-refractivity contribution < 1.29 is 18.0 Å². The summed E-state index contributed by atoms with van der Waals surface area (Å²) < 4.78 is 37.3. The fourth-order valence-electron chi connectivity index (χ4n) is 2.32. The largest absolute Gasteiger partial charge is 0.497 e. The highest BCUT2D eigenvalue weighted by Gasteiger charge is 2.16. The molecule has 130 valence electrons. The number of nitrogens with one attached hydrogen (secondary N) is 1. The SMILES string of the molecule is COc1cccc(-c2noc(C(C)NCc3cc(F)ccc3F)n2)c1. The Morgan fingerprint density at radius 1 is 1.20 bits per heavy atom. The van der Waals surface area contributed by atoms with Gasteiger partial charge < -0.3 is 14.6 Å². The molecule has 0 radical (unpaired) electrons. The molecule has 1 unspecified atom stereocenters. The molecule has 25 heavy (non-hydrogen) atoms. The van der Waals surface area contributed by atoms with Crippen LogP contribution in [0, 0.1) is 11.6 Å². The fourth-order valence-corrected chi connectivity index (χ4v) is 2.32. The van der Waals surface area contributed by atoms with Gasteiger partial charge in [-0.15, -0.1) is 0 Å². The van der Waals surface area contributed by atoms with Crippen molar-refractivity contribution in [1.29, 1.82) is 0 Å². The van der Waals surface area contributed by atoms with Gasteiger partial charge in [-0.3, -0.25) is 0 Å². The summed E-state index contributed by atoms with van der Waals surface area (Å²) in [6.45, 7) is 1.95. The zero-order valence-corrected chi connectivity index (χ0v) is 13.8. The van der Waals surface area contributed by atoms with Gasteiger partial charge in [0.2, 0.25) is 11.7 Å². The minimum Gasteiger partial charge on any atom is -0.497 e. The number of rotatable bonds is 6. The second-order valence-corrected chi connectivity index (χ2v) is 5.53. The Morgan fingerprint density at radius 2 is 2.04 bits per heavy atom. The first-order valence-corrected chi connectivity index (χ1v) is 7.72. The van der Waals surface area contributed by atoms with Crippen LogP contribution >= 0.6 is 0 Å².